The first-order valence-corrected chi connectivity index (χ1v) is 6.04. The summed E-state index contributed by atoms with van der Waals surface area (Å²) in [4.78, 5) is 11.6. The van der Waals surface area contributed by atoms with Gasteiger partial charge in [-0.1, -0.05) is 0 Å². The van der Waals surface area contributed by atoms with Gasteiger partial charge in [0.25, 0.3) is 0 Å². The van der Waals surface area contributed by atoms with E-state index in [1.165, 1.54) is 0 Å². The topological polar surface area (TPSA) is 50.4 Å². The van der Waals surface area contributed by atoms with Crippen LogP contribution in [0.2, 0.25) is 0 Å². The molecule has 2 unspecified atom stereocenters. The normalized spacial score (nSPS) is 26.5. The second-order valence-corrected chi connectivity index (χ2v) is 5.53. The van der Waals surface area contributed by atoms with E-state index in [1.54, 1.807) is 0 Å². The molecule has 94 valence electrons. The predicted octanol–water partition coefficient (Wildman–Crippen LogP) is 1.06. The molecule has 1 aliphatic heterocycles. The summed E-state index contributed by atoms with van der Waals surface area (Å²) in [6, 6.07) is 0.344. The van der Waals surface area contributed by atoms with Crippen LogP contribution < -0.4 is 10.6 Å². The Morgan fingerprint density at radius 2 is 2.19 bits per heavy atom. The highest BCUT2D eigenvalue weighted by molar-refractivity contribution is 5.77. The number of ether oxygens (including phenoxy) is 1. The zero-order valence-electron chi connectivity index (χ0n) is 10.8. The zero-order valence-corrected chi connectivity index (χ0v) is 10.8. The van der Waals surface area contributed by atoms with Crippen molar-refractivity contribution in [2.24, 2.45) is 0 Å². The third-order valence-corrected chi connectivity index (χ3v) is 2.63. The van der Waals surface area contributed by atoms with E-state index in [4.69, 9.17) is 4.74 Å². The summed E-state index contributed by atoms with van der Waals surface area (Å²) in [7, 11) is 0. The number of carbonyl (C=O) groups excluding carboxylic acids is 1. The molecule has 0 aromatic carbocycles. The van der Waals surface area contributed by atoms with Crippen molar-refractivity contribution in [3.8, 4) is 0 Å². The summed E-state index contributed by atoms with van der Waals surface area (Å²) in [5.41, 5.74) is -0.184. The molecule has 0 aromatic rings. The fraction of sp³-hybridized carbons (Fsp3) is 0.917. The Balaban J connectivity index is 2.25. The van der Waals surface area contributed by atoms with E-state index in [-0.39, 0.29) is 24.2 Å². The SMILES string of the molecule is CC1NCCCC1OCC(=O)NC(C)(C)C. The Morgan fingerprint density at radius 3 is 2.75 bits per heavy atom. The van der Waals surface area contributed by atoms with Crippen molar-refractivity contribution in [3.05, 3.63) is 0 Å². The van der Waals surface area contributed by atoms with E-state index in [0.29, 0.717) is 6.04 Å². The minimum absolute atomic E-state index is 0.0368. The molecule has 0 aromatic heterocycles. The molecule has 4 nitrogen and oxygen atoms in total. The van der Waals surface area contributed by atoms with Gasteiger partial charge >= 0.3 is 0 Å². The van der Waals surface area contributed by atoms with Crippen molar-refractivity contribution in [3.63, 3.8) is 0 Å². The Bertz CT molecular complexity index is 236. The Morgan fingerprint density at radius 1 is 1.50 bits per heavy atom. The molecule has 2 N–H and O–H groups in total. The number of rotatable bonds is 3. The van der Waals surface area contributed by atoms with Crippen molar-refractivity contribution in [1.29, 1.82) is 0 Å². The lowest BCUT2D eigenvalue weighted by Crippen LogP contribution is -2.47. The van der Waals surface area contributed by atoms with Gasteiger partial charge in [-0.25, -0.2) is 0 Å². The van der Waals surface area contributed by atoms with Crippen LogP contribution in [-0.4, -0.2) is 36.7 Å². The van der Waals surface area contributed by atoms with Crippen LogP contribution in [0, 0.1) is 0 Å². The quantitative estimate of drug-likeness (QED) is 0.759. The van der Waals surface area contributed by atoms with E-state index < -0.39 is 0 Å². The lowest BCUT2D eigenvalue weighted by atomic mass is 10.0. The maximum Gasteiger partial charge on any atom is 0.246 e. The van der Waals surface area contributed by atoms with Crippen LogP contribution in [0.1, 0.15) is 40.5 Å². The standard InChI is InChI=1S/C12H24N2O2/c1-9-10(6-5-7-13-9)16-8-11(15)14-12(2,3)4/h9-10,13H,5-8H2,1-4H3,(H,14,15). The zero-order chi connectivity index (χ0) is 12.2. The van der Waals surface area contributed by atoms with Crippen molar-refractivity contribution < 1.29 is 9.53 Å². The fourth-order valence-corrected chi connectivity index (χ4v) is 1.88. The lowest BCUT2D eigenvalue weighted by Gasteiger charge is -2.30. The van der Waals surface area contributed by atoms with Crippen LogP contribution in [0.25, 0.3) is 0 Å². The Hall–Kier alpha value is -0.610. The molecule has 2 atom stereocenters. The molecule has 0 bridgehead atoms. The van der Waals surface area contributed by atoms with E-state index in [2.05, 4.69) is 17.6 Å². The summed E-state index contributed by atoms with van der Waals surface area (Å²) >= 11 is 0. The largest absolute Gasteiger partial charge is 0.367 e. The van der Waals surface area contributed by atoms with Crippen molar-refractivity contribution in [2.75, 3.05) is 13.2 Å². The molecule has 0 saturated carbocycles. The van der Waals surface area contributed by atoms with Gasteiger partial charge in [-0.2, -0.15) is 0 Å². The van der Waals surface area contributed by atoms with Gasteiger partial charge in [0, 0.05) is 11.6 Å². The van der Waals surface area contributed by atoms with Crippen LogP contribution in [0.3, 0.4) is 0 Å². The van der Waals surface area contributed by atoms with E-state index in [0.717, 1.165) is 19.4 Å². The average molecular weight is 228 g/mol. The second kappa shape index (κ2) is 5.64. The van der Waals surface area contributed by atoms with Gasteiger partial charge in [-0.15, -0.1) is 0 Å². The van der Waals surface area contributed by atoms with Crippen molar-refractivity contribution in [2.45, 2.75) is 58.2 Å². The van der Waals surface area contributed by atoms with Crippen LogP contribution in [0.5, 0.6) is 0 Å². The third-order valence-electron chi connectivity index (χ3n) is 2.63. The number of piperidine rings is 1. The molecule has 1 amide bonds. The van der Waals surface area contributed by atoms with Gasteiger partial charge in [-0.05, 0) is 47.1 Å². The number of carbonyl (C=O) groups is 1. The number of hydrogen-bond donors (Lipinski definition) is 2. The third kappa shape index (κ3) is 4.94. The number of hydrogen-bond acceptors (Lipinski definition) is 3. The van der Waals surface area contributed by atoms with Gasteiger partial charge in [0.15, 0.2) is 0 Å². The molecule has 16 heavy (non-hydrogen) atoms. The van der Waals surface area contributed by atoms with Gasteiger partial charge in [0.2, 0.25) is 5.91 Å². The molecular formula is C12H24N2O2. The first-order valence-electron chi connectivity index (χ1n) is 6.04. The highest BCUT2D eigenvalue weighted by Gasteiger charge is 2.22. The van der Waals surface area contributed by atoms with Gasteiger partial charge < -0.3 is 15.4 Å². The molecule has 0 spiro atoms. The minimum atomic E-state index is -0.184. The van der Waals surface area contributed by atoms with E-state index in [1.807, 2.05) is 20.8 Å². The lowest BCUT2D eigenvalue weighted by molar-refractivity contribution is -0.130. The molecule has 0 aliphatic carbocycles. The summed E-state index contributed by atoms with van der Waals surface area (Å²) in [5.74, 6) is -0.0368. The maximum atomic E-state index is 11.6. The van der Waals surface area contributed by atoms with Gasteiger partial charge in [0.05, 0.1) is 6.10 Å². The fourth-order valence-electron chi connectivity index (χ4n) is 1.88. The minimum Gasteiger partial charge on any atom is -0.367 e. The Labute approximate surface area is 98.1 Å². The molecule has 1 aliphatic rings. The monoisotopic (exact) mass is 228 g/mol. The molecule has 1 rings (SSSR count). The molecule has 1 fully saturated rings. The van der Waals surface area contributed by atoms with Crippen molar-refractivity contribution >= 4 is 5.91 Å². The predicted molar refractivity (Wildman–Crippen MR) is 64.3 cm³/mol. The summed E-state index contributed by atoms with van der Waals surface area (Å²) in [5, 5.41) is 6.24. The van der Waals surface area contributed by atoms with Gasteiger partial charge in [0.1, 0.15) is 6.61 Å². The number of amides is 1. The molecule has 4 heteroatoms. The van der Waals surface area contributed by atoms with E-state index in [9.17, 15) is 4.79 Å². The van der Waals surface area contributed by atoms with E-state index >= 15 is 0 Å². The first-order chi connectivity index (χ1) is 7.38. The smallest absolute Gasteiger partial charge is 0.246 e. The maximum absolute atomic E-state index is 11.6. The van der Waals surface area contributed by atoms with Gasteiger partial charge in [-0.3, -0.25) is 4.79 Å². The molecular weight excluding hydrogens is 204 g/mol. The molecule has 1 heterocycles. The van der Waals surface area contributed by atoms with Crippen LogP contribution in [0.15, 0.2) is 0 Å². The molecule has 1 saturated heterocycles. The number of nitrogens with one attached hydrogen (secondary N) is 2. The van der Waals surface area contributed by atoms with Crippen molar-refractivity contribution in [1.82, 2.24) is 10.6 Å². The van der Waals surface area contributed by atoms with Crippen LogP contribution in [0.4, 0.5) is 0 Å². The highest BCUT2D eigenvalue weighted by Crippen LogP contribution is 2.12. The average Bonchev–Trinajstić information content (AvgIpc) is 2.14. The summed E-state index contributed by atoms with van der Waals surface area (Å²) in [6.45, 7) is 9.22. The summed E-state index contributed by atoms with van der Waals surface area (Å²) in [6.07, 6.45) is 2.33. The highest BCUT2D eigenvalue weighted by atomic mass is 16.5. The first kappa shape index (κ1) is 13.5. The van der Waals surface area contributed by atoms with Crippen LogP contribution >= 0.6 is 0 Å². The molecule has 0 radical (unpaired) electrons. The van der Waals surface area contributed by atoms with Crippen LogP contribution in [-0.2, 0) is 9.53 Å². The second-order valence-electron chi connectivity index (χ2n) is 5.53. The Kier molecular flexibility index (Phi) is 4.74. The summed E-state index contributed by atoms with van der Waals surface area (Å²) < 4.78 is 5.63.